The van der Waals surface area contributed by atoms with Crippen molar-refractivity contribution in [2.45, 2.75) is 19.3 Å². The number of anilines is 1. The van der Waals surface area contributed by atoms with E-state index in [1.165, 1.54) is 23.2 Å². The molecule has 4 rings (SSSR count). The number of nitrogens with zero attached hydrogens (tertiary/aromatic N) is 2. The minimum absolute atomic E-state index is 0.349. The van der Waals surface area contributed by atoms with Gasteiger partial charge < -0.3 is 10.6 Å². The summed E-state index contributed by atoms with van der Waals surface area (Å²) in [5.41, 5.74) is 11.1. The van der Waals surface area contributed by atoms with E-state index in [1.807, 2.05) is 0 Å². The van der Waals surface area contributed by atoms with Gasteiger partial charge in [0.15, 0.2) is 0 Å². The van der Waals surface area contributed by atoms with E-state index in [9.17, 15) is 0 Å². The molecule has 2 aliphatic rings. The standard InChI is InChI=1S/C16H17N3S/c1-10-12-4-3-11(19-6-2-7-19)9-14(12)18-16(17)15-13(10)5-8-20-15/h3-5,8-10H,2,6-7H2,1H3,(H2,17,18). The van der Waals surface area contributed by atoms with E-state index in [1.54, 1.807) is 11.3 Å². The number of hydrogen-bond acceptors (Lipinski definition) is 4. The van der Waals surface area contributed by atoms with Crippen LogP contribution in [0.25, 0.3) is 0 Å². The van der Waals surface area contributed by atoms with Crippen LogP contribution in [0.15, 0.2) is 34.6 Å². The highest BCUT2D eigenvalue weighted by Crippen LogP contribution is 2.40. The van der Waals surface area contributed by atoms with Crippen LogP contribution in [0.1, 0.15) is 35.3 Å². The maximum absolute atomic E-state index is 6.19. The number of thiophene rings is 1. The van der Waals surface area contributed by atoms with Crippen LogP contribution in [0.5, 0.6) is 0 Å². The lowest BCUT2D eigenvalue weighted by molar-refractivity contribution is 0.617. The van der Waals surface area contributed by atoms with Crippen molar-refractivity contribution in [3.8, 4) is 0 Å². The molecular weight excluding hydrogens is 266 g/mol. The fourth-order valence-electron chi connectivity index (χ4n) is 2.98. The summed E-state index contributed by atoms with van der Waals surface area (Å²) in [6.07, 6.45) is 1.29. The molecule has 0 spiro atoms. The highest BCUT2D eigenvalue weighted by Gasteiger charge is 2.24. The second kappa shape index (κ2) is 4.35. The molecule has 1 saturated heterocycles. The third-order valence-electron chi connectivity index (χ3n) is 4.34. The van der Waals surface area contributed by atoms with Gasteiger partial charge in [-0.2, -0.15) is 0 Å². The van der Waals surface area contributed by atoms with Crippen molar-refractivity contribution in [1.29, 1.82) is 0 Å². The number of hydrogen-bond donors (Lipinski definition) is 1. The van der Waals surface area contributed by atoms with Gasteiger partial charge in [-0.1, -0.05) is 13.0 Å². The lowest BCUT2D eigenvalue weighted by atomic mass is 9.92. The first kappa shape index (κ1) is 12.0. The van der Waals surface area contributed by atoms with Crippen LogP contribution >= 0.6 is 11.3 Å². The van der Waals surface area contributed by atoms with E-state index in [4.69, 9.17) is 5.73 Å². The van der Waals surface area contributed by atoms with Crippen LogP contribution in [0.2, 0.25) is 0 Å². The van der Waals surface area contributed by atoms with Crippen molar-refractivity contribution < 1.29 is 0 Å². The van der Waals surface area contributed by atoms with Crippen LogP contribution in [0, 0.1) is 0 Å². The molecule has 3 heterocycles. The van der Waals surface area contributed by atoms with Crippen molar-refractivity contribution in [2.75, 3.05) is 18.0 Å². The number of benzene rings is 1. The summed E-state index contributed by atoms with van der Waals surface area (Å²) in [4.78, 5) is 8.19. The molecule has 1 aromatic carbocycles. The van der Waals surface area contributed by atoms with E-state index in [0.29, 0.717) is 11.8 Å². The molecule has 2 aliphatic heterocycles. The largest absolute Gasteiger partial charge is 0.382 e. The predicted octanol–water partition coefficient (Wildman–Crippen LogP) is 3.46. The van der Waals surface area contributed by atoms with Gasteiger partial charge in [-0.25, -0.2) is 4.99 Å². The van der Waals surface area contributed by atoms with Gasteiger partial charge in [0.1, 0.15) is 5.84 Å². The fraction of sp³-hybridized carbons (Fsp3) is 0.312. The third kappa shape index (κ3) is 1.68. The number of aliphatic imine (C=N–C) groups is 1. The normalized spacial score (nSPS) is 20.6. The number of rotatable bonds is 1. The molecule has 1 atom stereocenters. The molecule has 102 valence electrons. The van der Waals surface area contributed by atoms with Crippen molar-refractivity contribution >= 4 is 28.5 Å². The average Bonchev–Trinajstić information content (AvgIpc) is 2.82. The first-order valence-electron chi connectivity index (χ1n) is 7.05. The van der Waals surface area contributed by atoms with Crippen LogP contribution in [-0.2, 0) is 0 Å². The second-order valence-electron chi connectivity index (χ2n) is 5.51. The van der Waals surface area contributed by atoms with Gasteiger partial charge in [0.2, 0.25) is 0 Å². The van der Waals surface area contributed by atoms with Gasteiger partial charge in [-0.15, -0.1) is 11.3 Å². The van der Waals surface area contributed by atoms with Crippen LogP contribution in [0.4, 0.5) is 11.4 Å². The van der Waals surface area contributed by atoms with Gasteiger partial charge in [-0.05, 0) is 41.1 Å². The Morgan fingerprint density at radius 1 is 1.25 bits per heavy atom. The SMILES string of the molecule is CC1c2ccc(N3CCC3)cc2N=C(N)c2sccc21. The maximum atomic E-state index is 6.19. The highest BCUT2D eigenvalue weighted by molar-refractivity contribution is 7.12. The molecule has 0 amide bonds. The first-order chi connectivity index (χ1) is 9.74. The minimum Gasteiger partial charge on any atom is -0.382 e. The molecule has 2 N–H and O–H groups in total. The van der Waals surface area contributed by atoms with E-state index >= 15 is 0 Å². The Labute approximate surface area is 122 Å². The zero-order valence-electron chi connectivity index (χ0n) is 11.5. The molecule has 0 saturated carbocycles. The molecule has 1 unspecified atom stereocenters. The van der Waals surface area contributed by atoms with Gasteiger partial charge in [0.25, 0.3) is 0 Å². The Bertz CT molecular complexity index is 697. The van der Waals surface area contributed by atoms with Gasteiger partial charge in [-0.3, -0.25) is 0 Å². The summed E-state index contributed by atoms with van der Waals surface area (Å²) < 4.78 is 0. The van der Waals surface area contributed by atoms with E-state index in [-0.39, 0.29) is 0 Å². The Morgan fingerprint density at radius 2 is 2.10 bits per heavy atom. The number of fused-ring (bicyclic) bond motifs is 2. The molecule has 3 nitrogen and oxygen atoms in total. The van der Waals surface area contributed by atoms with Crippen molar-refractivity contribution in [3.05, 3.63) is 45.6 Å². The molecule has 0 aliphatic carbocycles. The Hall–Kier alpha value is -1.81. The quantitative estimate of drug-likeness (QED) is 0.871. The Morgan fingerprint density at radius 3 is 2.85 bits per heavy atom. The molecular formula is C16H17N3S. The van der Waals surface area contributed by atoms with Crippen LogP contribution in [-0.4, -0.2) is 18.9 Å². The summed E-state index contributed by atoms with van der Waals surface area (Å²) in [6.45, 7) is 4.55. The predicted molar refractivity (Wildman–Crippen MR) is 85.5 cm³/mol. The van der Waals surface area contributed by atoms with E-state index < -0.39 is 0 Å². The smallest absolute Gasteiger partial charge is 0.141 e. The molecule has 0 radical (unpaired) electrons. The molecule has 4 heteroatoms. The minimum atomic E-state index is 0.349. The monoisotopic (exact) mass is 283 g/mol. The highest BCUT2D eigenvalue weighted by atomic mass is 32.1. The number of nitrogens with two attached hydrogens (primary N) is 1. The van der Waals surface area contributed by atoms with Crippen LogP contribution in [0.3, 0.4) is 0 Å². The van der Waals surface area contributed by atoms with Gasteiger partial charge in [0, 0.05) is 24.7 Å². The first-order valence-corrected chi connectivity index (χ1v) is 7.93. The van der Waals surface area contributed by atoms with Crippen molar-refractivity contribution in [1.82, 2.24) is 0 Å². The van der Waals surface area contributed by atoms with Crippen molar-refractivity contribution in [3.63, 3.8) is 0 Å². The molecule has 0 bridgehead atoms. The lowest BCUT2D eigenvalue weighted by Crippen LogP contribution is -2.36. The average molecular weight is 283 g/mol. The van der Waals surface area contributed by atoms with Gasteiger partial charge >= 0.3 is 0 Å². The molecule has 1 fully saturated rings. The third-order valence-corrected chi connectivity index (χ3v) is 5.29. The van der Waals surface area contributed by atoms with Gasteiger partial charge in [0.05, 0.1) is 10.6 Å². The summed E-state index contributed by atoms with van der Waals surface area (Å²) in [5, 5.41) is 2.10. The second-order valence-corrected chi connectivity index (χ2v) is 6.42. The molecule has 2 aromatic rings. The zero-order valence-corrected chi connectivity index (χ0v) is 12.3. The summed E-state index contributed by atoms with van der Waals surface area (Å²) in [5.74, 6) is 1.00. The van der Waals surface area contributed by atoms with E-state index in [2.05, 4.69) is 46.5 Å². The summed E-state index contributed by atoms with van der Waals surface area (Å²) >= 11 is 1.68. The zero-order chi connectivity index (χ0) is 13.7. The summed E-state index contributed by atoms with van der Waals surface area (Å²) in [7, 11) is 0. The fourth-order valence-corrected chi connectivity index (χ4v) is 3.88. The Balaban J connectivity index is 1.86. The Kier molecular flexibility index (Phi) is 2.60. The lowest BCUT2D eigenvalue weighted by Gasteiger charge is -2.33. The van der Waals surface area contributed by atoms with E-state index in [0.717, 1.165) is 23.7 Å². The topological polar surface area (TPSA) is 41.6 Å². The van der Waals surface area contributed by atoms with Crippen molar-refractivity contribution in [2.24, 2.45) is 10.7 Å². The van der Waals surface area contributed by atoms with Crippen LogP contribution < -0.4 is 10.6 Å². The summed E-state index contributed by atoms with van der Waals surface area (Å²) in [6, 6.07) is 8.80. The number of amidine groups is 1. The maximum Gasteiger partial charge on any atom is 0.141 e. The molecule has 1 aromatic heterocycles. The molecule has 20 heavy (non-hydrogen) atoms.